The maximum atomic E-state index is 10.3. The maximum Gasteiger partial charge on any atom is 0.200 e. The third kappa shape index (κ3) is 1.78. The number of rotatable bonds is 2. The molecular formula is C9H11NO3. The van der Waals surface area contributed by atoms with Gasteiger partial charge in [-0.25, -0.2) is 4.98 Å². The number of nitrogens with zero attached hydrogens (tertiary/aromatic N) is 1. The number of hydrogen-bond acceptors (Lipinski definition) is 4. The summed E-state index contributed by atoms with van der Waals surface area (Å²) in [5, 5.41) is 0. The summed E-state index contributed by atoms with van der Waals surface area (Å²) in [4.78, 5) is 14.4. The summed E-state index contributed by atoms with van der Waals surface area (Å²) in [5.74, 6) is 1.14. The zero-order valence-electron chi connectivity index (χ0n) is 7.23. The van der Waals surface area contributed by atoms with Gasteiger partial charge in [0.25, 0.3) is 0 Å². The van der Waals surface area contributed by atoms with Crippen LogP contribution in [-0.2, 0) is 4.74 Å². The molecule has 1 unspecified atom stereocenters. The van der Waals surface area contributed by atoms with Gasteiger partial charge in [0.1, 0.15) is 0 Å². The molecule has 1 aromatic rings. The van der Waals surface area contributed by atoms with Crippen LogP contribution in [-0.4, -0.2) is 24.5 Å². The van der Waals surface area contributed by atoms with Gasteiger partial charge in [0.15, 0.2) is 17.9 Å². The molecule has 2 heterocycles. The SMILES string of the molecule is O=Cc1cnc(C2CCCOC2)o1. The number of aromatic nitrogens is 1. The van der Waals surface area contributed by atoms with Gasteiger partial charge in [-0.3, -0.25) is 4.79 Å². The van der Waals surface area contributed by atoms with Crippen LogP contribution in [0.4, 0.5) is 0 Å². The van der Waals surface area contributed by atoms with Gasteiger partial charge in [-0.2, -0.15) is 0 Å². The van der Waals surface area contributed by atoms with E-state index in [2.05, 4.69) is 4.98 Å². The van der Waals surface area contributed by atoms with Crippen LogP contribution in [0.25, 0.3) is 0 Å². The lowest BCUT2D eigenvalue weighted by molar-refractivity contribution is 0.0720. The Morgan fingerprint density at radius 2 is 2.54 bits per heavy atom. The quantitative estimate of drug-likeness (QED) is 0.647. The van der Waals surface area contributed by atoms with Crippen LogP contribution in [0.3, 0.4) is 0 Å². The summed E-state index contributed by atoms with van der Waals surface area (Å²) in [7, 11) is 0. The summed E-state index contributed by atoms with van der Waals surface area (Å²) >= 11 is 0. The van der Waals surface area contributed by atoms with Crippen molar-refractivity contribution in [3.8, 4) is 0 Å². The maximum absolute atomic E-state index is 10.3. The summed E-state index contributed by atoms with van der Waals surface area (Å²) < 4.78 is 10.5. The number of aldehydes is 1. The molecule has 1 atom stereocenters. The highest BCUT2D eigenvalue weighted by molar-refractivity contribution is 5.69. The molecule has 1 fully saturated rings. The van der Waals surface area contributed by atoms with Gasteiger partial charge in [0.05, 0.1) is 18.7 Å². The minimum absolute atomic E-state index is 0.224. The van der Waals surface area contributed by atoms with E-state index < -0.39 is 0 Å². The van der Waals surface area contributed by atoms with Crippen molar-refractivity contribution in [2.45, 2.75) is 18.8 Å². The molecule has 0 saturated carbocycles. The van der Waals surface area contributed by atoms with Crippen LogP contribution in [0.5, 0.6) is 0 Å². The first-order chi connectivity index (χ1) is 6.40. The predicted molar refractivity (Wildman–Crippen MR) is 44.7 cm³/mol. The van der Waals surface area contributed by atoms with Crippen molar-refractivity contribution < 1.29 is 13.9 Å². The van der Waals surface area contributed by atoms with Gasteiger partial charge >= 0.3 is 0 Å². The number of carbonyl (C=O) groups excluding carboxylic acids is 1. The van der Waals surface area contributed by atoms with Gasteiger partial charge in [-0.05, 0) is 12.8 Å². The molecular weight excluding hydrogens is 170 g/mol. The normalized spacial score (nSPS) is 22.9. The van der Waals surface area contributed by atoms with E-state index in [1.165, 1.54) is 6.20 Å². The fourth-order valence-corrected chi connectivity index (χ4v) is 1.48. The fourth-order valence-electron chi connectivity index (χ4n) is 1.48. The second-order valence-electron chi connectivity index (χ2n) is 3.13. The lowest BCUT2D eigenvalue weighted by Crippen LogP contribution is -2.15. The first-order valence-electron chi connectivity index (χ1n) is 4.39. The van der Waals surface area contributed by atoms with Crippen LogP contribution >= 0.6 is 0 Å². The highest BCUT2D eigenvalue weighted by Gasteiger charge is 2.20. The summed E-state index contributed by atoms with van der Waals surface area (Å²) in [6, 6.07) is 0. The fraction of sp³-hybridized carbons (Fsp3) is 0.556. The highest BCUT2D eigenvalue weighted by Crippen LogP contribution is 2.24. The predicted octanol–water partition coefficient (Wildman–Crippen LogP) is 1.38. The Hall–Kier alpha value is -1.16. The van der Waals surface area contributed by atoms with E-state index >= 15 is 0 Å². The zero-order chi connectivity index (χ0) is 9.10. The molecule has 0 N–H and O–H groups in total. The molecule has 4 nitrogen and oxygen atoms in total. The average molecular weight is 181 g/mol. The third-order valence-electron chi connectivity index (χ3n) is 2.17. The number of hydrogen-bond donors (Lipinski definition) is 0. The highest BCUT2D eigenvalue weighted by atomic mass is 16.5. The van der Waals surface area contributed by atoms with Crippen molar-refractivity contribution in [1.29, 1.82) is 0 Å². The number of carbonyl (C=O) groups is 1. The molecule has 1 aliphatic heterocycles. The van der Waals surface area contributed by atoms with Crippen molar-refractivity contribution in [2.24, 2.45) is 0 Å². The molecule has 0 amide bonds. The number of oxazole rings is 1. The molecule has 0 bridgehead atoms. The molecule has 1 saturated heterocycles. The van der Waals surface area contributed by atoms with Gasteiger partial charge in [-0.15, -0.1) is 0 Å². The molecule has 0 aromatic carbocycles. The largest absolute Gasteiger partial charge is 0.438 e. The molecule has 2 rings (SSSR count). The Morgan fingerprint density at radius 3 is 3.15 bits per heavy atom. The Labute approximate surface area is 75.9 Å². The van der Waals surface area contributed by atoms with Crippen molar-refractivity contribution in [3.05, 3.63) is 17.8 Å². The molecule has 0 spiro atoms. The minimum atomic E-state index is 0.224. The Morgan fingerprint density at radius 1 is 1.62 bits per heavy atom. The first kappa shape index (κ1) is 8.44. The monoisotopic (exact) mass is 181 g/mol. The van der Waals surface area contributed by atoms with E-state index in [0.29, 0.717) is 24.5 Å². The van der Waals surface area contributed by atoms with Gasteiger partial charge in [0.2, 0.25) is 0 Å². The summed E-state index contributed by atoms with van der Waals surface area (Å²) in [6.45, 7) is 1.47. The lowest BCUT2D eigenvalue weighted by Gasteiger charge is -2.18. The topological polar surface area (TPSA) is 52.3 Å². The van der Waals surface area contributed by atoms with E-state index in [9.17, 15) is 4.79 Å². The van der Waals surface area contributed by atoms with Gasteiger partial charge in [-0.1, -0.05) is 0 Å². The lowest BCUT2D eigenvalue weighted by atomic mass is 10.0. The van der Waals surface area contributed by atoms with E-state index in [1.807, 2.05) is 0 Å². The zero-order valence-corrected chi connectivity index (χ0v) is 7.23. The van der Waals surface area contributed by atoms with Crippen molar-refractivity contribution in [3.63, 3.8) is 0 Å². The Kier molecular flexibility index (Phi) is 2.40. The average Bonchev–Trinajstić information content (AvgIpc) is 2.67. The summed E-state index contributed by atoms with van der Waals surface area (Å²) in [6.07, 6.45) is 4.18. The van der Waals surface area contributed by atoms with E-state index in [-0.39, 0.29) is 5.92 Å². The summed E-state index contributed by atoms with van der Waals surface area (Å²) in [5.41, 5.74) is 0. The van der Waals surface area contributed by atoms with Crippen LogP contribution in [0.1, 0.15) is 35.2 Å². The van der Waals surface area contributed by atoms with Crippen molar-refractivity contribution in [2.75, 3.05) is 13.2 Å². The standard InChI is InChI=1S/C9H11NO3/c11-5-8-4-10-9(13-8)7-2-1-3-12-6-7/h4-5,7H,1-3,6H2. The van der Waals surface area contributed by atoms with Crippen LogP contribution in [0.15, 0.2) is 10.6 Å². The van der Waals surface area contributed by atoms with E-state index in [4.69, 9.17) is 9.15 Å². The second-order valence-corrected chi connectivity index (χ2v) is 3.13. The smallest absolute Gasteiger partial charge is 0.200 e. The van der Waals surface area contributed by atoms with Crippen molar-refractivity contribution >= 4 is 6.29 Å². The number of ether oxygens (including phenoxy) is 1. The van der Waals surface area contributed by atoms with Crippen molar-refractivity contribution in [1.82, 2.24) is 4.98 Å². The van der Waals surface area contributed by atoms with Crippen LogP contribution < -0.4 is 0 Å². The van der Waals surface area contributed by atoms with E-state index in [1.54, 1.807) is 0 Å². The third-order valence-corrected chi connectivity index (χ3v) is 2.17. The second kappa shape index (κ2) is 3.70. The molecule has 0 aliphatic carbocycles. The first-order valence-corrected chi connectivity index (χ1v) is 4.39. The minimum Gasteiger partial charge on any atom is -0.438 e. The van der Waals surface area contributed by atoms with Crippen LogP contribution in [0, 0.1) is 0 Å². The molecule has 13 heavy (non-hydrogen) atoms. The van der Waals surface area contributed by atoms with E-state index in [0.717, 1.165) is 19.4 Å². The van der Waals surface area contributed by atoms with Gasteiger partial charge in [0, 0.05) is 6.61 Å². The van der Waals surface area contributed by atoms with Gasteiger partial charge < -0.3 is 9.15 Å². The Balaban J connectivity index is 2.09. The molecule has 1 aromatic heterocycles. The molecule has 0 radical (unpaired) electrons. The molecule has 70 valence electrons. The molecule has 4 heteroatoms. The molecule has 1 aliphatic rings. The van der Waals surface area contributed by atoms with Crippen LogP contribution in [0.2, 0.25) is 0 Å². The Bertz CT molecular complexity index is 289.